The van der Waals surface area contributed by atoms with Crippen molar-refractivity contribution < 1.29 is 14.7 Å². The monoisotopic (exact) mass is 262 g/mol. The molecule has 2 aromatic rings. The molecule has 0 spiro atoms. The van der Waals surface area contributed by atoms with Crippen LogP contribution in [0.4, 0.5) is 0 Å². The van der Waals surface area contributed by atoms with Crippen molar-refractivity contribution in [2.45, 2.75) is 6.54 Å². The van der Waals surface area contributed by atoms with Crippen molar-refractivity contribution >= 4 is 23.2 Å². The first-order valence-corrected chi connectivity index (χ1v) is 6.04. The summed E-state index contributed by atoms with van der Waals surface area (Å²) in [5.74, 6) is -1.36. The van der Waals surface area contributed by atoms with Crippen LogP contribution in [-0.4, -0.2) is 22.0 Å². The van der Waals surface area contributed by atoms with Gasteiger partial charge in [-0.1, -0.05) is 6.07 Å². The van der Waals surface area contributed by atoms with Gasteiger partial charge in [-0.25, -0.2) is 9.78 Å². The molecule has 0 aliphatic rings. The van der Waals surface area contributed by atoms with Gasteiger partial charge in [-0.15, -0.1) is 11.3 Å². The SMILES string of the molecule is O=C(O)c1cccc(C(=O)NCc2nccs2)c1. The molecule has 0 radical (unpaired) electrons. The van der Waals surface area contributed by atoms with Crippen molar-refractivity contribution in [3.63, 3.8) is 0 Å². The molecule has 2 rings (SSSR count). The van der Waals surface area contributed by atoms with Crippen LogP contribution in [0, 0.1) is 0 Å². The highest BCUT2D eigenvalue weighted by atomic mass is 32.1. The molecule has 1 heterocycles. The molecule has 0 atom stereocenters. The molecule has 0 aliphatic heterocycles. The summed E-state index contributed by atoms with van der Waals surface area (Å²) >= 11 is 1.45. The number of aromatic carboxylic acids is 1. The van der Waals surface area contributed by atoms with E-state index in [4.69, 9.17) is 5.11 Å². The Hall–Kier alpha value is -2.21. The van der Waals surface area contributed by atoms with Crippen LogP contribution in [0.15, 0.2) is 35.8 Å². The standard InChI is InChI=1S/C12H10N2O3S/c15-11(14-7-10-13-4-5-18-10)8-2-1-3-9(6-8)12(16)17/h1-6H,7H2,(H,14,15)(H,16,17). The summed E-state index contributed by atoms with van der Waals surface area (Å²) in [6.07, 6.45) is 1.66. The normalized spacial score (nSPS) is 10.0. The molecular formula is C12H10N2O3S. The van der Waals surface area contributed by atoms with Crippen molar-refractivity contribution in [3.05, 3.63) is 52.0 Å². The average Bonchev–Trinajstić information content (AvgIpc) is 2.89. The number of amides is 1. The number of carboxylic acid groups (broad SMARTS) is 1. The van der Waals surface area contributed by atoms with Gasteiger partial charge in [0.2, 0.25) is 0 Å². The van der Waals surface area contributed by atoms with E-state index in [0.29, 0.717) is 12.1 Å². The Morgan fingerprint density at radius 2 is 2.11 bits per heavy atom. The van der Waals surface area contributed by atoms with Gasteiger partial charge in [0.25, 0.3) is 5.91 Å². The van der Waals surface area contributed by atoms with Crippen LogP contribution in [0.25, 0.3) is 0 Å². The Labute approximate surface area is 107 Å². The molecule has 0 saturated heterocycles. The van der Waals surface area contributed by atoms with Crippen LogP contribution in [0.2, 0.25) is 0 Å². The van der Waals surface area contributed by atoms with Crippen LogP contribution >= 0.6 is 11.3 Å². The lowest BCUT2D eigenvalue weighted by atomic mass is 10.1. The van der Waals surface area contributed by atoms with Crippen LogP contribution < -0.4 is 5.32 Å². The van der Waals surface area contributed by atoms with Crippen LogP contribution in [0.3, 0.4) is 0 Å². The van der Waals surface area contributed by atoms with Crippen LogP contribution in [0.5, 0.6) is 0 Å². The number of carbonyl (C=O) groups is 2. The Kier molecular flexibility index (Phi) is 3.69. The van der Waals surface area contributed by atoms with Gasteiger partial charge in [0.15, 0.2) is 0 Å². The van der Waals surface area contributed by atoms with Crippen molar-refractivity contribution in [1.29, 1.82) is 0 Å². The summed E-state index contributed by atoms with van der Waals surface area (Å²) < 4.78 is 0. The number of thiazole rings is 1. The van der Waals surface area contributed by atoms with Crippen LogP contribution in [0.1, 0.15) is 25.7 Å². The molecule has 5 nitrogen and oxygen atoms in total. The Balaban J connectivity index is 2.04. The Morgan fingerprint density at radius 1 is 1.33 bits per heavy atom. The van der Waals surface area contributed by atoms with E-state index in [2.05, 4.69) is 10.3 Å². The van der Waals surface area contributed by atoms with E-state index < -0.39 is 5.97 Å². The number of benzene rings is 1. The van der Waals surface area contributed by atoms with E-state index in [9.17, 15) is 9.59 Å². The summed E-state index contributed by atoms with van der Waals surface area (Å²) in [5, 5.41) is 14.1. The molecule has 92 valence electrons. The molecule has 0 fully saturated rings. The maximum absolute atomic E-state index is 11.8. The summed E-state index contributed by atoms with van der Waals surface area (Å²) in [6, 6.07) is 5.91. The Bertz CT molecular complexity index is 566. The molecule has 6 heteroatoms. The van der Waals surface area contributed by atoms with E-state index in [1.165, 1.54) is 23.5 Å². The second kappa shape index (κ2) is 5.42. The largest absolute Gasteiger partial charge is 0.478 e. The molecule has 0 unspecified atom stereocenters. The zero-order chi connectivity index (χ0) is 13.0. The zero-order valence-corrected chi connectivity index (χ0v) is 10.1. The smallest absolute Gasteiger partial charge is 0.335 e. The van der Waals surface area contributed by atoms with E-state index >= 15 is 0 Å². The third-order valence-corrected chi connectivity index (χ3v) is 3.03. The number of rotatable bonds is 4. The van der Waals surface area contributed by atoms with Crippen molar-refractivity contribution in [1.82, 2.24) is 10.3 Å². The van der Waals surface area contributed by atoms with Crippen molar-refractivity contribution in [2.75, 3.05) is 0 Å². The molecule has 1 amide bonds. The molecule has 1 aromatic heterocycles. The topological polar surface area (TPSA) is 79.3 Å². The predicted octanol–water partition coefficient (Wildman–Crippen LogP) is 1.77. The number of aromatic nitrogens is 1. The number of hydrogen-bond acceptors (Lipinski definition) is 4. The molecule has 0 saturated carbocycles. The van der Waals surface area contributed by atoms with Gasteiger partial charge in [0, 0.05) is 17.1 Å². The third-order valence-electron chi connectivity index (χ3n) is 2.26. The fourth-order valence-corrected chi connectivity index (χ4v) is 1.95. The fourth-order valence-electron chi connectivity index (χ4n) is 1.39. The second-order valence-corrected chi connectivity index (χ2v) is 4.47. The van der Waals surface area contributed by atoms with Crippen molar-refractivity contribution in [2.24, 2.45) is 0 Å². The maximum atomic E-state index is 11.8. The van der Waals surface area contributed by atoms with Gasteiger partial charge < -0.3 is 10.4 Å². The van der Waals surface area contributed by atoms with Gasteiger partial charge in [0.1, 0.15) is 5.01 Å². The van der Waals surface area contributed by atoms with E-state index in [1.54, 1.807) is 18.3 Å². The molecule has 0 bridgehead atoms. The first kappa shape index (κ1) is 12.3. The first-order chi connectivity index (χ1) is 8.66. The minimum atomic E-state index is -1.05. The highest BCUT2D eigenvalue weighted by Gasteiger charge is 2.09. The zero-order valence-electron chi connectivity index (χ0n) is 9.29. The van der Waals surface area contributed by atoms with Crippen molar-refractivity contribution in [3.8, 4) is 0 Å². The summed E-state index contributed by atoms with van der Waals surface area (Å²) in [5.41, 5.74) is 0.420. The van der Waals surface area contributed by atoms with E-state index in [0.717, 1.165) is 5.01 Å². The molecule has 1 aromatic carbocycles. The number of nitrogens with zero attached hydrogens (tertiary/aromatic N) is 1. The summed E-state index contributed by atoms with van der Waals surface area (Å²) in [7, 11) is 0. The Morgan fingerprint density at radius 3 is 2.78 bits per heavy atom. The van der Waals surface area contributed by atoms with Gasteiger partial charge in [-0.05, 0) is 18.2 Å². The molecule has 2 N–H and O–H groups in total. The second-order valence-electron chi connectivity index (χ2n) is 3.49. The van der Waals surface area contributed by atoms with Gasteiger partial charge in [0.05, 0.1) is 12.1 Å². The van der Waals surface area contributed by atoms with Gasteiger partial charge in [-0.2, -0.15) is 0 Å². The highest BCUT2D eigenvalue weighted by molar-refractivity contribution is 7.09. The van der Waals surface area contributed by atoms with Crippen LogP contribution in [-0.2, 0) is 6.54 Å². The maximum Gasteiger partial charge on any atom is 0.335 e. The lowest BCUT2D eigenvalue weighted by molar-refractivity contribution is 0.0697. The molecule has 0 aliphatic carbocycles. The molecule has 18 heavy (non-hydrogen) atoms. The lowest BCUT2D eigenvalue weighted by Gasteiger charge is -2.03. The fraction of sp³-hybridized carbons (Fsp3) is 0.0833. The lowest BCUT2D eigenvalue weighted by Crippen LogP contribution is -2.22. The number of nitrogens with one attached hydrogen (secondary N) is 1. The highest BCUT2D eigenvalue weighted by Crippen LogP contribution is 2.07. The van der Waals surface area contributed by atoms with E-state index in [-0.39, 0.29) is 11.5 Å². The number of hydrogen-bond donors (Lipinski definition) is 2. The number of carboxylic acids is 1. The van der Waals surface area contributed by atoms with Gasteiger partial charge in [-0.3, -0.25) is 4.79 Å². The average molecular weight is 262 g/mol. The molecular weight excluding hydrogens is 252 g/mol. The van der Waals surface area contributed by atoms with Gasteiger partial charge >= 0.3 is 5.97 Å². The predicted molar refractivity (Wildman–Crippen MR) is 66.7 cm³/mol. The first-order valence-electron chi connectivity index (χ1n) is 5.17. The summed E-state index contributed by atoms with van der Waals surface area (Å²) in [6.45, 7) is 0.341. The van der Waals surface area contributed by atoms with E-state index in [1.807, 2.05) is 5.38 Å². The third kappa shape index (κ3) is 2.92. The minimum absolute atomic E-state index is 0.0944. The number of carbonyl (C=O) groups excluding carboxylic acids is 1. The quantitative estimate of drug-likeness (QED) is 0.880. The summed E-state index contributed by atoms with van der Waals surface area (Å²) in [4.78, 5) is 26.6. The minimum Gasteiger partial charge on any atom is -0.478 e.